The van der Waals surface area contributed by atoms with Crippen molar-refractivity contribution >= 4 is 29.1 Å². The number of hydrogen-bond acceptors (Lipinski definition) is 4. The molecular formula is C15H19ClN4O2. The molecule has 2 fully saturated rings. The van der Waals surface area contributed by atoms with Gasteiger partial charge in [-0.25, -0.2) is 0 Å². The van der Waals surface area contributed by atoms with Crippen LogP contribution in [0.4, 0.5) is 5.69 Å². The molecule has 7 heteroatoms. The molecule has 0 radical (unpaired) electrons. The highest BCUT2D eigenvalue weighted by molar-refractivity contribution is 6.33. The van der Waals surface area contributed by atoms with Gasteiger partial charge in [-0.3, -0.25) is 14.6 Å². The normalized spacial score (nSPS) is 23.1. The Hall–Kier alpha value is -1.82. The van der Waals surface area contributed by atoms with Gasteiger partial charge in [-0.15, -0.1) is 0 Å². The Balaban J connectivity index is 1.62. The largest absolute Gasteiger partial charge is 0.370 e. The fourth-order valence-electron chi connectivity index (χ4n) is 3.32. The SMILES string of the molecule is NC(=O)C1CC(=O)N(C2CCN(c3ccncc3Cl)CC2)C1. The summed E-state index contributed by atoms with van der Waals surface area (Å²) in [6, 6.07) is 2.10. The van der Waals surface area contributed by atoms with Crippen molar-refractivity contribution < 1.29 is 9.59 Å². The lowest BCUT2D eigenvalue weighted by molar-refractivity contribution is -0.130. The third-order valence-electron chi connectivity index (χ3n) is 4.56. The van der Waals surface area contributed by atoms with Gasteiger partial charge in [0, 0.05) is 44.5 Å². The maximum absolute atomic E-state index is 12.1. The predicted molar refractivity (Wildman–Crippen MR) is 83.5 cm³/mol. The minimum absolute atomic E-state index is 0.0455. The molecule has 0 spiro atoms. The quantitative estimate of drug-likeness (QED) is 0.901. The van der Waals surface area contributed by atoms with E-state index in [9.17, 15) is 9.59 Å². The van der Waals surface area contributed by atoms with Crippen LogP contribution in [0.3, 0.4) is 0 Å². The Kier molecular flexibility index (Phi) is 4.20. The minimum Gasteiger partial charge on any atom is -0.370 e. The van der Waals surface area contributed by atoms with Crippen LogP contribution in [0.25, 0.3) is 0 Å². The van der Waals surface area contributed by atoms with Crippen LogP contribution in [-0.4, -0.2) is 47.4 Å². The van der Waals surface area contributed by atoms with E-state index in [1.54, 1.807) is 12.4 Å². The Labute approximate surface area is 134 Å². The van der Waals surface area contributed by atoms with Crippen LogP contribution in [0.2, 0.25) is 5.02 Å². The van der Waals surface area contributed by atoms with Crippen molar-refractivity contribution in [3.63, 3.8) is 0 Å². The molecule has 6 nitrogen and oxygen atoms in total. The fraction of sp³-hybridized carbons (Fsp3) is 0.533. The van der Waals surface area contributed by atoms with Crippen LogP contribution in [0.1, 0.15) is 19.3 Å². The molecule has 2 saturated heterocycles. The molecule has 2 aliphatic rings. The zero-order valence-corrected chi connectivity index (χ0v) is 13.0. The topological polar surface area (TPSA) is 79.5 Å². The first-order valence-electron chi connectivity index (χ1n) is 7.49. The number of likely N-dealkylation sites (tertiary alicyclic amines) is 1. The number of carbonyl (C=O) groups is 2. The first-order chi connectivity index (χ1) is 10.6. The van der Waals surface area contributed by atoms with Gasteiger partial charge in [-0.1, -0.05) is 11.6 Å². The molecule has 0 aromatic carbocycles. The molecule has 2 amide bonds. The number of amides is 2. The first kappa shape index (κ1) is 15.1. The molecule has 1 unspecified atom stereocenters. The zero-order valence-electron chi connectivity index (χ0n) is 12.2. The van der Waals surface area contributed by atoms with Gasteiger partial charge in [0.05, 0.1) is 16.6 Å². The third-order valence-corrected chi connectivity index (χ3v) is 4.85. The Bertz CT molecular complexity index is 587. The van der Waals surface area contributed by atoms with Crippen molar-refractivity contribution in [2.75, 3.05) is 24.5 Å². The van der Waals surface area contributed by atoms with Crippen molar-refractivity contribution in [3.8, 4) is 0 Å². The van der Waals surface area contributed by atoms with Crippen LogP contribution in [0.15, 0.2) is 18.5 Å². The average molecular weight is 323 g/mol. The Morgan fingerprint density at radius 1 is 1.36 bits per heavy atom. The molecule has 1 atom stereocenters. The molecule has 118 valence electrons. The number of anilines is 1. The lowest BCUT2D eigenvalue weighted by Crippen LogP contribution is -2.46. The highest BCUT2D eigenvalue weighted by Crippen LogP contribution is 2.30. The fourth-order valence-corrected chi connectivity index (χ4v) is 3.56. The molecule has 2 N–H and O–H groups in total. The molecule has 0 saturated carbocycles. The second kappa shape index (κ2) is 6.12. The third kappa shape index (κ3) is 2.88. The van der Waals surface area contributed by atoms with Crippen molar-refractivity contribution in [2.45, 2.75) is 25.3 Å². The van der Waals surface area contributed by atoms with E-state index in [-0.39, 0.29) is 30.2 Å². The van der Waals surface area contributed by atoms with E-state index >= 15 is 0 Å². The van der Waals surface area contributed by atoms with Crippen molar-refractivity contribution in [2.24, 2.45) is 11.7 Å². The molecule has 1 aromatic rings. The van der Waals surface area contributed by atoms with Crippen LogP contribution in [0, 0.1) is 5.92 Å². The number of halogens is 1. The smallest absolute Gasteiger partial charge is 0.223 e. The van der Waals surface area contributed by atoms with Crippen molar-refractivity contribution in [1.29, 1.82) is 0 Å². The van der Waals surface area contributed by atoms with Gasteiger partial charge in [0.15, 0.2) is 0 Å². The van der Waals surface area contributed by atoms with E-state index < -0.39 is 0 Å². The minimum atomic E-state index is -0.378. The molecule has 3 rings (SSSR count). The number of nitrogens with two attached hydrogens (primary N) is 1. The summed E-state index contributed by atoms with van der Waals surface area (Å²) in [5, 5.41) is 0.645. The van der Waals surface area contributed by atoms with Crippen LogP contribution in [-0.2, 0) is 9.59 Å². The summed E-state index contributed by atoms with van der Waals surface area (Å²) >= 11 is 6.18. The summed E-state index contributed by atoms with van der Waals surface area (Å²) in [6.07, 6.45) is 5.37. The summed E-state index contributed by atoms with van der Waals surface area (Å²) in [6.45, 7) is 2.13. The molecule has 0 bridgehead atoms. The number of carbonyl (C=O) groups excluding carboxylic acids is 2. The Morgan fingerprint density at radius 2 is 2.09 bits per heavy atom. The number of hydrogen-bond donors (Lipinski definition) is 1. The summed E-state index contributed by atoms with van der Waals surface area (Å²) in [5.41, 5.74) is 6.30. The highest BCUT2D eigenvalue weighted by atomic mass is 35.5. The van der Waals surface area contributed by atoms with Crippen molar-refractivity contribution in [1.82, 2.24) is 9.88 Å². The average Bonchev–Trinajstić information content (AvgIpc) is 2.90. The second-order valence-corrected chi connectivity index (χ2v) is 6.30. The monoisotopic (exact) mass is 322 g/mol. The van der Waals surface area contributed by atoms with E-state index in [1.165, 1.54) is 0 Å². The van der Waals surface area contributed by atoms with Gasteiger partial charge in [-0.2, -0.15) is 0 Å². The van der Waals surface area contributed by atoms with E-state index in [4.69, 9.17) is 17.3 Å². The lowest BCUT2D eigenvalue weighted by Gasteiger charge is -2.38. The van der Waals surface area contributed by atoms with Crippen LogP contribution >= 0.6 is 11.6 Å². The zero-order chi connectivity index (χ0) is 15.7. The number of rotatable bonds is 3. The summed E-state index contributed by atoms with van der Waals surface area (Å²) in [5.74, 6) is -0.666. The maximum atomic E-state index is 12.1. The highest BCUT2D eigenvalue weighted by Gasteiger charge is 2.38. The van der Waals surface area contributed by atoms with Gasteiger partial charge in [0.25, 0.3) is 0 Å². The van der Waals surface area contributed by atoms with E-state index in [0.717, 1.165) is 31.6 Å². The van der Waals surface area contributed by atoms with Gasteiger partial charge >= 0.3 is 0 Å². The molecule has 2 aliphatic heterocycles. The number of aromatic nitrogens is 1. The first-order valence-corrected chi connectivity index (χ1v) is 7.87. The van der Waals surface area contributed by atoms with E-state index in [1.807, 2.05) is 11.0 Å². The number of nitrogens with zero attached hydrogens (tertiary/aromatic N) is 3. The summed E-state index contributed by atoms with van der Waals surface area (Å²) in [4.78, 5) is 31.4. The number of primary amides is 1. The van der Waals surface area contributed by atoms with Crippen molar-refractivity contribution in [3.05, 3.63) is 23.5 Å². The number of pyridine rings is 1. The van der Waals surface area contributed by atoms with E-state index in [0.29, 0.717) is 11.6 Å². The summed E-state index contributed by atoms with van der Waals surface area (Å²) < 4.78 is 0. The Morgan fingerprint density at radius 3 is 2.68 bits per heavy atom. The van der Waals surface area contributed by atoms with Crippen LogP contribution in [0.5, 0.6) is 0 Å². The second-order valence-electron chi connectivity index (χ2n) is 5.89. The van der Waals surface area contributed by atoms with E-state index in [2.05, 4.69) is 9.88 Å². The lowest BCUT2D eigenvalue weighted by atomic mass is 10.0. The van der Waals surface area contributed by atoms with Gasteiger partial charge in [0.1, 0.15) is 0 Å². The number of piperidine rings is 1. The van der Waals surface area contributed by atoms with Crippen LogP contribution < -0.4 is 10.6 Å². The summed E-state index contributed by atoms with van der Waals surface area (Å²) in [7, 11) is 0. The standard InChI is InChI=1S/C15H19ClN4O2/c16-12-8-18-4-1-13(12)19-5-2-11(3-6-19)20-9-10(15(17)22)7-14(20)21/h1,4,8,10-11H,2-3,5-7,9H2,(H2,17,22). The maximum Gasteiger partial charge on any atom is 0.223 e. The van der Waals surface area contributed by atoms with Gasteiger partial charge in [-0.05, 0) is 18.9 Å². The molecule has 22 heavy (non-hydrogen) atoms. The molecule has 3 heterocycles. The molecule has 1 aromatic heterocycles. The van der Waals surface area contributed by atoms with Gasteiger partial charge < -0.3 is 15.5 Å². The van der Waals surface area contributed by atoms with Gasteiger partial charge in [0.2, 0.25) is 11.8 Å². The molecule has 0 aliphatic carbocycles. The predicted octanol–water partition coefficient (Wildman–Crippen LogP) is 1.04. The molecular weight excluding hydrogens is 304 g/mol.